The predicted molar refractivity (Wildman–Crippen MR) is 125 cm³/mol. The van der Waals surface area contributed by atoms with E-state index in [-0.39, 0.29) is 5.91 Å². The lowest BCUT2D eigenvalue weighted by Crippen LogP contribution is -2.09. The molecule has 0 fully saturated rings. The molecule has 0 saturated heterocycles. The van der Waals surface area contributed by atoms with Crippen LogP contribution < -0.4 is 24.3 Å². The summed E-state index contributed by atoms with van der Waals surface area (Å²) in [5, 5.41) is 3.17. The van der Waals surface area contributed by atoms with Gasteiger partial charge in [-0.2, -0.15) is 0 Å². The molecule has 0 bridgehead atoms. The molecule has 0 radical (unpaired) electrons. The number of ether oxygens (including phenoxy) is 4. The SMILES string of the molecule is CCCCCCOc1ccc(/C=C/C(=O)Nc2cc(OC)c(Cl)cc2OC)cc1OC. The van der Waals surface area contributed by atoms with E-state index in [1.807, 2.05) is 18.2 Å². The lowest BCUT2D eigenvalue weighted by atomic mass is 10.2. The molecule has 0 aliphatic heterocycles. The standard InChI is InChI=1S/C24H30ClNO5/c1-5-6-7-8-13-31-20-11-9-17(14-23(20)30-4)10-12-24(27)26-19-16-21(28-2)18(25)15-22(19)29-3/h9-12,14-16H,5-8,13H2,1-4H3,(H,26,27)/b12-10+. The molecule has 0 saturated carbocycles. The Bertz CT molecular complexity index is 898. The third kappa shape index (κ3) is 7.40. The Morgan fingerprint density at radius 1 is 0.935 bits per heavy atom. The van der Waals surface area contributed by atoms with E-state index in [1.165, 1.54) is 33.1 Å². The van der Waals surface area contributed by atoms with Gasteiger partial charge in [-0.25, -0.2) is 0 Å². The third-order valence-electron chi connectivity index (χ3n) is 4.60. The van der Waals surface area contributed by atoms with Crippen LogP contribution in [-0.4, -0.2) is 33.8 Å². The minimum atomic E-state index is -0.321. The number of methoxy groups -OCH3 is 3. The maximum absolute atomic E-state index is 12.4. The van der Waals surface area contributed by atoms with Gasteiger partial charge in [0.1, 0.15) is 11.5 Å². The summed E-state index contributed by atoms with van der Waals surface area (Å²) in [7, 11) is 4.61. The number of amides is 1. The Kier molecular flexibility index (Phi) is 10.0. The average molecular weight is 448 g/mol. The molecule has 0 spiro atoms. The number of carbonyl (C=O) groups is 1. The number of halogens is 1. The van der Waals surface area contributed by atoms with Crippen LogP contribution in [0, 0.1) is 0 Å². The molecule has 1 amide bonds. The molecule has 0 heterocycles. The maximum atomic E-state index is 12.4. The lowest BCUT2D eigenvalue weighted by molar-refractivity contribution is -0.111. The van der Waals surface area contributed by atoms with E-state index < -0.39 is 0 Å². The Hall–Kier alpha value is -2.86. The molecule has 1 N–H and O–H groups in total. The van der Waals surface area contributed by atoms with Gasteiger partial charge >= 0.3 is 0 Å². The van der Waals surface area contributed by atoms with Crippen molar-refractivity contribution in [2.75, 3.05) is 33.3 Å². The van der Waals surface area contributed by atoms with Gasteiger partial charge in [-0.1, -0.05) is 43.9 Å². The van der Waals surface area contributed by atoms with Gasteiger partial charge in [0.05, 0.1) is 38.6 Å². The Morgan fingerprint density at radius 2 is 1.68 bits per heavy atom. The van der Waals surface area contributed by atoms with Gasteiger partial charge in [0, 0.05) is 18.2 Å². The van der Waals surface area contributed by atoms with Crippen molar-refractivity contribution in [2.24, 2.45) is 0 Å². The number of nitrogens with one attached hydrogen (secondary N) is 1. The maximum Gasteiger partial charge on any atom is 0.248 e. The van der Waals surface area contributed by atoms with Crippen LogP contribution >= 0.6 is 11.6 Å². The number of anilines is 1. The van der Waals surface area contributed by atoms with Gasteiger partial charge in [-0.15, -0.1) is 0 Å². The Labute approximate surface area is 189 Å². The quantitative estimate of drug-likeness (QED) is 0.320. The first-order valence-corrected chi connectivity index (χ1v) is 10.6. The summed E-state index contributed by atoms with van der Waals surface area (Å²) in [5.74, 6) is 1.88. The topological polar surface area (TPSA) is 66.0 Å². The van der Waals surface area contributed by atoms with Gasteiger partial charge in [0.25, 0.3) is 0 Å². The second-order valence-corrected chi connectivity index (χ2v) is 7.24. The molecular weight excluding hydrogens is 418 g/mol. The highest BCUT2D eigenvalue weighted by Crippen LogP contribution is 2.36. The molecule has 0 aromatic heterocycles. The second-order valence-electron chi connectivity index (χ2n) is 6.83. The first kappa shape index (κ1) is 24.4. The van der Waals surface area contributed by atoms with Crippen LogP contribution in [0.4, 0.5) is 5.69 Å². The van der Waals surface area contributed by atoms with Crippen molar-refractivity contribution in [1.29, 1.82) is 0 Å². The smallest absolute Gasteiger partial charge is 0.248 e. The van der Waals surface area contributed by atoms with Gasteiger partial charge < -0.3 is 24.3 Å². The molecule has 2 aromatic rings. The van der Waals surface area contributed by atoms with Crippen molar-refractivity contribution in [1.82, 2.24) is 0 Å². The molecule has 2 rings (SSSR count). The number of hydrogen-bond acceptors (Lipinski definition) is 5. The van der Waals surface area contributed by atoms with Crippen molar-refractivity contribution >= 4 is 29.3 Å². The molecule has 2 aromatic carbocycles. The van der Waals surface area contributed by atoms with Crippen molar-refractivity contribution < 1.29 is 23.7 Å². The largest absolute Gasteiger partial charge is 0.495 e. The molecule has 0 aliphatic rings. The molecular formula is C24H30ClNO5. The van der Waals surface area contributed by atoms with Crippen LogP contribution in [0.3, 0.4) is 0 Å². The van der Waals surface area contributed by atoms with E-state index in [9.17, 15) is 4.79 Å². The summed E-state index contributed by atoms with van der Waals surface area (Å²) in [6.45, 7) is 2.83. The minimum absolute atomic E-state index is 0.321. The van der Waals surface area contributed by atoms with E-state index >= 15 is 0 Å². The summed E-state index contributed by atoms with van der Waals surface area (Å²) in [6.07, 6.45) is 7.69. The highest BCUT2D eigenvalue weighted by molar-refractivity contribution is 6.32. The average Bonchev–Trinajstić information content (AvgIpc) is 2.78. The number of carbonyl (C=O) groups excluding carboxylic acids is 1. The van der Waals surface area contributed by atoms with Crippen molar-refractivity contribution in [3.05, 3.63) is 47.0 Å². The van der Waals surface area contributed by atoms with Gasteiger partial charge in [-0.3, -0.25) is 4.79 Å². The Balaban J connectivity index is 2.04. The van der Waals surface area contributed by atoms with Crippen LogP contribution in [-0.2, 0) is 4.79 Å². The van der Waals surface area contributed by atoms with E-state index in [2.05, 4.69) is 12.2 Å². The third-order valence-corrected chi connectivity index (χ3v) is 4.90. The van der Waals surface area contributed by atoms with E-state index in [0.717, 1.165) is 18.4 Å². The number of unbranched alkanes of at least 4 members (excludes halogenated alkanes) is 3. The summed E-state index contributed by atoms with van der Waals surface area (Å²) in [6, 6.07) is 8.76. The molecule has 0 atom stereocenters. The molecule has 6 nitrogen and oxygen atoms in total. The van der Waals surface area contributed by atoms with Crippen molar-refractivity contribution in [3.8, 4) is 23.0 Å². The van der Waals surface area contributed by atoms with Gasteiger partial charge in [0.15, 0.2) is 11.5 Å². The van der Waals surface area contributed by atoms with E-state index in [4.69, 9.17) is 30.5 Å². The predicted octanol–water partition coefficient (Wildman–Crippen LogP) is 5.98. The summed E-state index contributed by atoms with van der Waals surface area (Å²) in [5.41, 5.74) is 1.27. The van der Waals surface area contributed by atoms with Crippen molar-refractivity contribution in [2.45, 2.75) is 32.6 Å². The normalized spacial score (nSPS) is 10.7. The highest BCUT2D eigenvalue weighted by atomic mass is 35.5. The van der Waals surface area contributed by atoms with Crippen LogP contribution in [0.25, 0.3) is 6.08 Å². The van der Waals surface area contributed by atoms with Crippen molar-refractivity contribution in [3.63, 3.8) is 0 Å². The molecule has 7 heteroatoms. The Morgan fingerprint density at radius 3 is 2.35 bits per heavy atom. The van der Waals surface area contributed by atoms with Crippen LogP contribution in [0.5, 0.6) is 23.0 Å². The van der Waals surface area contributed by atoms with E-state index in [0.29, 0.717) is 40.3 Å². The number of rotatable bonds is 12. The first-order chi connectivity index (χ1) is 15.0. The summed E-state index contributed by atoms with van der Waals surface area (Å²) >= 11 is 6.10. The summed E-state index contributed by atoms with van der Waals surface area (Å²) in [4.78, 5) is 12.4. The fourth-order valence-electron chi connectivity index (χ4n) is 2.92. The van der Waals surface area contributed by atoms with E-state index in [1.54, 1.807) is 25.3 Å². The fraction of sp³-hybridized carbons (Fsp3) is 0.375. The van der Waals surface area contributed by atoms with Gasteiger partial charge in [-0.05, 0) is 30.2 Å². The zero-order valence-electron chi connectivity index (χ0n) is 18.5. The minimum Gasteiger partial charge on any atom is -0.495 e. The molecule has 168 valence electrons. The number of hydrogen-bond donors (Lipinski definition) is 1. The fourth-order valence-corrected chi connectivity index (χ4v) is 3.15. The highest BCUT2D eigenvalue weighted by Gasteiger charge is 2.11. The lowest BCUT2D eigenvalue weighted by Gasteiger charge is -2.12. The molecule has 0 unspecified atom stereocenters. The van der Waals surface area contributed by atoms with Crippen LogP contribution in [0.15, 0.2) is 36.4 Å². The summed E-state index contributed by atoms with van der Waals surface area (Å²) < 4.78 is 21.7. The molecule has 31 heavy (non-hydrogen) atoms. The molecule has 0 aliphatic carbocycles. The van der Waals surface area contributed by atoms with Crippen LogP contribution in [0.1, 0.15) is 38.2 Å². The number of benzene rings is 2. The van der Waals surface area contributed by atoms with Gasteiger partial charge in [0.2, 0.25) is 5.91 Å². The zero-order chi connectivity index (χ0) is 22.6. The zero-order valence-corrected chi connectivity index (χ0v) is 19.3. The second kappa shape index (κ2) is 12.7. The van der Waals surface area contributed by atoms with Crippen LogP contribution in [0.2, 0.25) is 5.02 Å². The monoisotopic (exact) mass is 447 g/mol. The first-order valence-electron chi connectivity index (χ1n) is 10.2.